The number of carbonyl (C=O) groups is 1. The van der Waals surface area contributed by atoms with Gasteiger partial charge in [-0.3, -0.25) is 4.79 Å². The molecule has 0 bridgehead atoms. The topological polar surface area (TPSA) is 61.4 Å². The van der Waals surface area contributed by atoms with Gasteiger partial charge in [-0.25, -0.2) is 0 Å². The molecular formula is C12H18N2O2. The minimum Gasteiger partial charge on any atom is -0.387 e. The molecule has 4 heteroatoms. The van der Waals surface area contributed by atoms with Crippen molar-refractivity contribution in [2.24, 2.45) is 0 Å². The summed E-state index contributed by atoms with van der Waals surface area (Å²) in [5.41, 5.74) is 0.816. The number of aliphatic hydroxyl groups is 1. The fourth-order valence-corrected chi connectivity index (χ4v) is 1.33. The van der Waals surface area contributed by atoms with E-state index in [0.29, 0.717) is 13.0 Å². The summed E-state index contributed by atoms with van der Waals surface area (Å²) in [4.78, 5) is 11.3. The van der Waals surface area contributed by atoms with Gasteiger partial charge in [0.25, 0.3) is 0 Å². The van der Waals surface area contributed by atoms with E-state index in [-0.39, 0.29) is 12.5 Å². The molecule has 4 nitrogen and oxygen atoms in total. The van der Waals surface area contributed by atoms with E-state index in [4.69, 9.17) is 0 Å². The van der Waals surface area contributed by atoms with E-state index in [0.717, 1.165) is 5.56 Å². The standard InChI is InChI=1S/C12H18N2O2/c1-13-8-7-12(16)14-9-11(15)10-5-3-2-4-6-10/h2-6,11,13,15H,7-9H2,1H3,(H,14,16). The molecule has 1 atom stereocenters. The molecular weight excluding hydrogens is 204 g/mol. The Kier molecular flexibility index (Phi) is 5.53. The monoisotopic (exact) mass is 222 g/mol. The third kappa shape index (κ3) is 4.42. The van der Waals surface area contributed by atoms with Gasteiger partial charge in [0.15, 0.2) is 0 Å². The maximum Gasteiger partial charge on any atom is 0.221 e. The summed E-state index contributed by atoms with van der Waals surface area (Å²) in [6, 6.07) is 9.29. The van der Waals surface area contributed by atoms with Crippen LogP contribution >= 0.6 is 0 Å². The van der Waals surface area contributed by atoms with Gasteiger partial charge in [-0.2, -0.15) is 0 Å². The van der Waals surface area contributed by atoms with Gasteiger partial charge in [-0.15, -0.1) is 0 Å². The van der Waals surface area contributed by atoms with E-state index >= 15 is 0 Å². The second kappa shape index (κ2) is 6.98. The molecule has 0 aliphatic heterocycles. The van der Waals surface area contributed by atoms with Gasteiger partial charge >= 0.3 is 0 Å². The van der Waals surface area contributed by atoms with Gasteiger partial charge in [-0.05, 0) is 12.6 Å². The lowest BCUT2D eigenvalue weighted by molar-refractivity contribution is -0.121. The molecule has 0 spiro atoms. The van der Waals surface area contributed by atoms with Crippen molar-refractivity contribution in [3.8, 4) is 0 Å². The van der Waals surface area contributed by atoms with Crippen LogP contribution in [0.15, 0.2) is 30.3 Å². The smallest absolute Gasteiger partial charge is 0.221 e. The quantitative estimate of drug-likeness (QED) is 0.654. The highest BCUT2D eigenvalue weighted by Crippen LogP contribution is 2.10. The van der Waals surface area contributed by atoms with Gasteiger partial charge in [0.05, 0.1) is 6.10 Å². The zero-order chi connectivity index (χ0) is 11.8. The first-order chi connectivity index (χ1) is 7.74. The molecule has 0 saturated carbocycles. The van der Waals surface area contributed by atoms with Crippen LogP contribution in [-0.4, -0.2) is 31.2 Å². The fourth-order valence-electron chi connectivity index (χ4n) is 1.33. The van der Waals surface area contributed by atoms with Crippen molar-refractivity contribution in [3.05, 3.63) is 35.9 Å². The Morgan fingerprint density at radius 2 is 2.06 bits per heavy atom. The Balaban J connectivity index is 2.30. The molecule has 1 unspecified atom stereocenters. The molecule has 0 aromatic heterocycles. The van der Waals surface area contributed by atoms with Crippen LogP contribution in [0.25, 0.3) is 0 Å². The van der Waals surface area contributed by atoms with Crippen molar-refractivity contribution < 1.29 is 9.90 Å². The molecule has 0 saturated heterocycles. The summed E-state index contributed by atoms with van der Waals surface area (Å²) in [6.07, 6.45) is -0.211. The average molecular weight is 222 g/mol. The Morgan fingerprint density at radius 3 is 2.69 bits per heavy atom. The largest absolute Gasteiger partial charge is 0.387 e. The second-order valence-corrected chi connectivity index (χ2v) is 3.58. The highest BCUT2D eigenvalue weighted by atomic mass is 16.3. The molecule has 1 rings (SSSR count). The number of rotatable bonds is 6. The lowest BCUT2D eigenvalue weighted by Gasteiger charge is -2.12. The number of hydrogen-bond donors (Lipinski definition) is 3. The predicted molar refractivity (Wildman–Crippen MR) is 63.0 cm³/mol. The van der Waals surface area contributed by atoms with E-state index in [1.54, 1.807) is 7.05 Å². The van der Waals surface area contributed by atoms with Crippen LogP contribution in [0.2, 0.25) is 0 Å². The first-order valence-electron chi connectivity index (χ1n) is 5.38. The summed E-state index contributed by atoms with van der Waals surface area (Å²) in [7, 11) is 1.80. The molecule has 1 aromatic carbocycles. The Hall–Kier alpha value is -1.39. The van der Waals surface area contributed by atoms with Crippen molar-refractivity contribution >= 4 is 5.91 Å². The van der Waals surface area contributed by atoms with Crippen LogP contribution in [0.5, 0.6) is 0 Å². The number of benzene rings is 1. The van der Waals surface area contributed by atoms with Crippen molar-refractivity contribution in [2.45, 2.75) is 12.5 Å². The van der Waals surface area contributed by atoms with Crippen molar-refractivity contribution in [2.75, 3.05) is 20.1 Å². The first-order valence-corrected chi connectivity index (χ1v) is 5.38. The van der Waals surface area contributed by atoms with Crippen LogP contribution in [0.3, 0.4) is 0 Å². The highest BCUT2D eigenvalue weighted by molar-refractivity contribution is 5.76. The van der Waals surface area contributed by atoms with Crippen molar-refractivity contribution in [3.63, 3.8) is 0 Å². The Labute approximate surface area is 95.7 Å². The molecule has 1 amide bonds. The zero-order valence-corrected chi connectivity index (χ0v) is 9.44. The van der Waals surface area contributed by atoms with Crippen LogP contribution in [0.1, 0.15) is 18.1 Å². The molecule has 0 radical (unpaired) electrons. The lowest BCUT2D eigenvalue weighted by Crippen LogP contribution is -2.30. The number of aliphatic hydroxyl groups excluding tert-OH is 1. The summed E-state index contributed by atoms with van der Waals surface area (Å²) >= 11 is 0. The second-order valence-electron chi connectivity index (χ2n) is 3.58. The van der Waals surface area contributed by atoms with Gasteiger partial charge in [0.1, 0.15) is 0 Å². The minimum atomic E-state index is -0.639. The van der Waals surface area contributed by atoms with Crippen LogP contribution in [0, 0.1) is 0 Å². The van der Waals surface area contributed by atoms with Gasteiger partial charge < -0.3 is 15.7 Å². The summed E-state index contributed by atoms with van der Waals surface area (Å²) < 4.78 is 0. The number of amides is 1. The predicted octanol–water partition coefficient (Wildman–Crippen LogP) is 0.446. The van der Waals surface area contributed by atoms with Crippen LogP contribution < -0.4 is 10.6 Å². The maximum absolute atomic E-state index is 11.3. The van der Waals surface area contributed by atoms with E-state index in [2.05, 4.69) is 10.6 Å². The van der Waals surface area contributed by atoms with Gasteiger partial charge in [-0.1, -0.05) is 30.3 Å². The maximum atomic E-state index is 11.3. The SMILES string of the molecule is CNCCC(=O)NCC(O)c1ccccc1. The normalized spacial score (nSPS) is 12.1. The van der Waals surface area contributed by atoms with E-state index in [9.17, 15) is 9.90 Å². The fraction of sp³-hybridized carbons (Fsp3) is 0.417. The van der Waals surface area contributed by atoms with E-state index < -0.39 is 6.10 Å². The molecule has 0 heterocycles. The van der Waals surface area contributed by atoms with E-state index in [1.165, 1.54) is 0 Å². The highest BCUT2D eigenvalue weighted by Gasteiger charge is 2.08. The molecule has 0 aliphatic rings. The van der Waals surface area contributed by atoms with Crippen molar-refractivity contribution in [1.29, 1.82) is 0 Å². The summed E-state index contributed by atoms with van der Waals surface area (Å²) in [5, 5.41) is 15.3. The summed E-state index contributed by atoms with van der Waals surface area (Å²) in [5.74, 6) is -0.0515. The van der Waals surface area contributed by atoms with Crippen molar-refractivity contribution in [1.82, 2.24) is 10.6 Å². The molecule has 3 N–H and O–H groups in total. The first kappa shape index (κ1) is 12.7. The van der Waals surface area contributed by atoms with Crippen LogP contribution in [0.4, 0.5) is 0 Å². The third-order valence-electron chi connectivity index (χ3n) is 2.28. The zero-order valence-electron chi connectivity index (χ0n) is 9.44. The minimum absolute atomic E-state index is 0.0515. The molecule has 0 fully saturated rings. The van der Waals surface area contributed by atoms with E-state index in [1.807, 2.05) is 30.3 Å². The lowest BCUT2D eigenvalue weighted by atomic mass is 10.1. The Bertz CT molecular complexity index is 314. The molecule has 0 aliphatic carbocycles. The average Bonchev–Trinajstić information content (AvgIpc) is 2.34. The molecule has 16 heavy (non-hydrogen) atoms. The molecule has 88 valence electrons. The van der Waals surface area contributed by atoms with Gasteiger partial charge in [0.2, 0.25) is 5.91 Å². The van der Waals surface area contributed by atoms with Gasteiger partial charge in [0, 0.05) is 19.5 Å². The van der Waals surface area contributed by atoms with Crippen LogP contribution in [-0.2, 0) is 4.79 Å². The Morgan fingerprint density at radius 1 is 1.38 bits per heavy atom. The molecule has 1 aromatic rings. The number of nitrogens with one attached hydrogen (secondary N) is 2. The number of hydrogen-bond acceptors (Lipinski definition) is 3. The third-order valence-corrected chi connectivity index (χ3v) is 2.28. The summed E-state index contributed by atoms with van der Waals surface area (Å²) in [6.45, 7) is 0.903. The number of carbonyl (C=O) groups excluding carboxylic acids is 1.